The Morgan fingerprint density at radius 1 is 0.893 bits per heavy atom. The van der Waals surface area contributed by atoms with Gasteiger partial charge in [0.15, 0.2) is 6.10 Å². The van der Waals surface area contributed by atoms with Crippen molar-refractivity contribution in [3.05, 3.63) is 111 Å². The Bertz CT molecular complexity index is 1020. The van der Waals surface area contributed by atoms with Crippen LogP contribution in [-0.4, -0.2) is 16.7 Å². The number of rotatable bonds is 6. The summed E-state index contributed by atoms with van der Waals surface area (Å²) in [4.78, 5) is 36.1. The molecule has 0 spiro atoms. The number of para-hydroxylation sites is 1. The molecule has 0 aliphatic heterocycles. The zero-order chi connectivity index (χ0) is 20.1. The van der Waals surface area contributed by atoms with E-state index in [0.29, 0.717) is 16.1 Å². The summed E-state index contributed by atoms with van der Waals surface area (Å²) >= 11 is 5.86. The van der Waals surface area contributed by atoms with Crippen molar-refractivity contribution in [3.63, 3.8) is 0 Å². The fraction of sp³-hybridized carbons (Fsp3) is 0.0476. The molecule has 0 radical (unpaired) electrons. The number of nitrogens with zero attached hydrogens (tertiary/aromatic N) is 1. The highest BCUT2D eigenvalue weighted by molar-refractivity contribution is 6.30. The molecule has 0 amide bonds. The third-order valence-corrected chi connectivity index (χ3v) is 4.27. The summed E-state index contributed by atoms with van der Waals surface area (Å²) in [6, 6.07) is 20.1. The molecule has 3 aromatic rings. The molecule has 3 aromatic carbocycles. The molecule has 7 heteroatoms. The average molecular weight is 396 g/mol. The zero-order valence-electron chi connectivity index (χ0n) is 14.4. The van der Waals surface area contributed by atoms with Crippen molar-refractivity contribution >= 4 is 29.0 Å². The lowest BCUT2D eigenvalue weighted by Gasteiger charge is -2.17. The Morgan fingerprint density at radius 3 is 2.14 bits per heavy atom. The first-order valence-corrected chi connectivity index (χ1v) is 8.64. The molecule has 0 saturated heterocycles. The lowest BCUT2D eigenvalue weighted by molar-refractivity contribution is -0.385. The molecule has 0 N–H and O–H groups in total. The zero-order valence-corrected chi connectivity index (χ0v) is 15.2. The summed E-state index contributed by atoms with van der Waals surface area (Å²) in [5.74, 6) is -1.42. The van der Waals surface area contributed by atoms with Crippen LogP contribution >= 0.6 is 11.6 Å². The van der Waals surface area contributed by atoms with Gasteiger partial charge < -0.3 is 4.74 Å². The van der Waals surface area contributed by atoms with E-state index in [1.54, 1.807) is 42.5 Å². The van der Waals surface area contributed by atoms with E-state index in [4.69, 9.17) is 16.3 Å². The predicted octanol–water partition coefficient (Wildman–Crippen LogP) is 5.03. The van der Waals surface area contributed by atoms with Crippen molar-refractivity contribution in [2.45, 2.75) is 6.10 Å². The molecule has 140 valence electrons. The van der Waals surface area contributed by atoms with Gasteiger partial charge >= 0.3 is 5.97 Å². The first-order valence-electron chi connectivity index (χ1n) is 8.26. The molecular weight excluding hydrogens is 382 g/mol. The van der Waals surface area contributed by atoms with E-state index in [9.17, 15) is 19.7 Å². The molecule has 0 fully saturated rings. The second-order valence-electron chi connectivity index (χ2n) is 5.84. The van der Waals surface area contributed by atoms with Gasteiger partial charge in [-0.15, -0.1) is 0 Å². The molecule has 6 nitrogen and oxygen atoms in total. The number of nitro groups is 1. The maximum absolute atomic E-state index is 13.0. The topological polar surface area (TPSA) is 86.5 Å². The Hall–Kier alpha value is -3.51. The summed E-state index contributed by atoms with van der Waals surface area (Å²) in [6.07, 6.45) is -1.25. The van der Waals surface area contributed by atoms with Crippen molar-refractivity contribution in [1.82, 2.24) is 0 Å². The van der Waals surface area contributed by atoms with E-state index >= 15 is 0 Å². The van der Waals surface area contributed by atoms with E-state index in [0.717, 1.165) is 0 Å². The predicted molar refractivity (Wildman–Crippen MR) is 103 cm³/mol. The van der Waals surface area contributed by atoms with Crippen LogP contribution in [0.5, 0.6) is 0 Å². The van der Waals surface area contributed by atoms with Crippen LogP contribution in [0.2, 0.25) is 5.02 Å². The molecule has 1 unspecified atom stereocenters. The quantitative estimate of drug-likeness (QED) is 0.253. The highest BCUT2D eigenvalue weighted by atomic mass is 35.5. The maximum atomic E-state index is 13.0. The van der Waals surface area contributed by atoms with E-state index in [1.807, 2.05) is 0 Å². The maximum Gasteiger partial charge on any atom is 0.346 e. The van der Waals surface area contributed by atoms with Gasteiger partial charge in [0.25, 0.3) is 5.69 Å². The highest BCUT2D eigenvalue weighted by Gasteiger charge is 2.29. The SMILES string of the molecule is O=C(OC(C(=O)c1ccc(Cl)cc1)c1ccccc1)c1ccccc1[N+](=O)[O-]. The van der Waals surface area contributed by atoms with E-state index in [2.05, 4.69) is 0 Å². The van der Waals surface area contributed by atoms with E-state index in [-0.39, 0.29) is 5.56 Å². The van der Waals surface area contributed by atoms with Crippen molar-refractivity contribution in [2.75, 3.05) is 0 Å². The molecule has 0 aromatic heterocycles. The Morgan fingerprint density at radius 2 is 1.50 bits per heavy atom. The number of esters is 1. The van der Waals surface area contributed by atoms with Crippen LogP contribution in [0.25, 0.3) is 0 Å². The minimum absolute atomic E-state index is 0.225. The molecule has 1 atom stereocenters. The molecule has 0 aliphatic rings. The number of hydrogen-bond acceptors (Lipinski definition) is 5. The minimum atomic E-state index is -1.25. The highest BCUT2D eigenvalue weighted by Crippen LogP contribution is 2.27. The van der Waals surface area contributed by atoms with Gasteiger partial charge in [-0.2, -0.15) is 0 Å². The minimum Gasteiger partial charge on any atom is -0.445 e. The standard InChI is InChI=1S/C21H14ClNO5/c22-16-12-10-14(11-13-16)19(24)20(15-6-2-1-3-7-15)28-21(25)17-8-4-5-9-18(17)23(26)27/h1-13,20H. The van der Waals surface area contributed by atoms with Gasteiger partial charge in [0.2, 0.25) is 5.78 Å². The number of nitro benzene ring substituents is 1. The Balaban J connectivity index is 1.97. The van der Waals surface area contributed by atoms with Gasteiger partial charge in [0, 0.05) is 22.2 Å². The summed E-state index contributed by atoms with van der Waals surface area (Å²) in [7, 11) is 0. The van der Waals surface area contributed by atoms with Crippen LogP contribution < -0.4 is 0 Å². The fourth-order valence-corrected chi connectivity index (χ4v) is 2.77. The average Bonchev–Trinajstić information content (AvgIpc) is 2.72. The number of Topliss-reactive ketones (excluding diaryl/α,β-unsaturated/α-hetero) is 1. The molecule has 0 heterocycles. The second-order valence-corrected chi connectivity index (χ2v) is 6.28. The molecule has 0 aliphatic carbocycles. The number of ketones is 1. The van der Waals surface area contributed by atoms with E-state index < -0.39 is 28.5 Å². The summed E-state index contributed by atoms with van der Waals surface area (Å²) in [6.45, 7) is 0. The van der Waals surface area contributed by atoms with Crippen LogP contribution in [0, 0.1) is 10.1 Å². The molecule has 3 rings (SSSR count). The van der Waals surface area contributed by atoms with Gasteiger partial charge in [-0.05, 0) is 30.3 Å². The normalized spacial score (nSPS) is 11.5. The van der Waals surface area contributed by atoms with Crippen LogP contribution in [0.15, 0.2) is 78.9 Å². The number of hydrogen-bond donors (Lipinski definition) is 0. The first kappa shape index (κ1) is 19.3. The van der Waals surface area contributed by atoms with Crippen LogP contribution in [0.3, 0.4) is 0 Å². The lowest BCUT2D eigenvalue weighted by Crippen LogP contribution is -2.21. The number of carbonyl (C=O) groups is 2. The Kier molecular flexibility index (Phi) is 5.81. The van der Waals surface area contributed by atoms with Crippen molar-refractivity contribution in [2.24, 2.45) is 0 Å². The largest absolute Gasteiger partial charge is 0.445 e. The molecule has 0 bridgehead atoms. The number of ether oxygens (including phenoxy) is 1. The molecular formula is C21H14ClNO5. The first-order chi connectivity index (χ1) is 13.5. The van der Waals surface area contributed by atoms with Gasteiger partial charge in [-0.3, -0.25) is 14.9 Å². The van der Waals surface area contributed by atoms with Crippen LogP contribution in [0.1, 0.15) is 32.4 Å². The van der Waals surface area contributed by atoms with Gasteiger partial charge in [-0.25, -0.2) is 4.79 Å². The summed E-state index contributed by atoms with van der Waals surface area (Å²) in [5.41, 5.74) is 0.138. The van der Waals surface area contributed by atoms with Crippen molar-refractivity contribution < 1.29 is 19.2 Å². The third kappa shape index (κ3) is 4.24. The fourth-order valence-electron chi connectivity index (χ4n) is 2.64. The lowest BCUT2D eigenvalue weighted by atomic mass is 9.99. The number of halogens is 1. The third-order valence-electron chi connectivity index (χ3n) is 4.01. The number of carbonyl (C=O) groups excluding carboxylic acids is 2. The summed E-state index contributed by atoms with van der Waals surface area (Å²) < 4.78 is 5.43. The van der Waals surface area contributed by atoms with Crippen molar-refractivity contribution in [1.29, 1.82) is 0 Å². The second kappa shape index (κ2) is 8.45. The molecule has 28 heavy (non-hydrogen) atoms. The molecule has 0 saturated carbocycles. The van der Waals surface area contributed by atoms with Crippen LogP contribution in [0.4, 0.5) is 5.69 Å². The van der Waals surface area contributed by atoms with Gasteiger partial charge in [0.05, 0.1) is 4.92 Å². The van der Waals surface area contributed by atoms with E-state index in [1.165, 1.54) is 36.4 Å². The smallest absolute Gasteiger partial charge is 0.346 e. The van der Waals surface area contributed by atoms with Crippen LogP contribution in [-0.2, 0) is 4.74 Å². The Labute approximate surface area is 165 Å². The monoisotopic (exact) mass is 395 g/mol. The van der Waals surface area contributed by atoms with Crippen molar-refractivity contribution in [3.8, 4) is 0 Å². The summed E-state index contributed by atoms with van der Waals surface area (Å²) in [5, 5.41) is 11.7. The van der Waals surface area contributed by atoms with Gasteiger partial charge in [0.1, 0.15) is 5.56 Å². The number of benzene rings is 3. The van der Waals surface area contributed by atoms with Gasteiger partial charge in [-0.1, -0.05) is 54.1 Å².